The Labute approximate surface area is 246 Å². The van der Waals surface area contributed by atoms with Crippen LogP contribution in [0.15, 0.2) is 6.07 Å². The number of rotatable bonds is 5. The molecule has 3 aliphatic carbocycles. The van der Waals surface area contributed by atoms with Crippen molar-refractivity contribution in [3.05, 3.63) is 17.2 Å². The van der Waals surface area contributed by atoms with Gasteiger partial charge in [-0.05, 0) is 38.6 Å². The summed E-state index contributed by atoms with van der Waals surface area (Å²) < 4.78 is 4.79. The van der Waals surface area contributed by atoms with E-state index in [2.05, 4.69) is 11.2 Å². The van der Waals surface area contributed by atoms with Crippen molar-refractivity contribution in [2.45, 2.75) is 30.0 Å². The number of anilines is 2. The number of nitrogens with two attached hydrogens (primary N) is 3. The van der Waals surface area contributed by atoms with E-state index in [9.17, 15) is 39.1 Å². The predicted molar refractivity (Wildman–Crippen MR) is 149 cm³/mol. The second-order valence-electron chi connectivity index (χ2n) is 11.6. The maximum absolute atomic E-state index is 14.4. The summed E-state index contributed by atoms with van der Waals surface area (Å²) in [6.07, 6.45) is 3.25. The zero-order chi connectivity index (χ0) is 32.4. The molecule has 1 aromatic carbocycles. The molecule has 0 saturated heterocycles. The van der Waals surface area contributed by atoms with Gasteiger partial charge in [0, 0.05) is 25.3 Å². The predicted octanol–water partition coefficient (Wildman–Crippen LogP) is -1.94. The van der Waals surface area contributed by atoms with Crippen molar-refractivity contribution in [1.29, 1.82) is 5.26 Å². The molecular weight excluding hydrogens is 562 g/mol. The number of ether oxygens (including phenoxy) is 1. The molecule has 0 bridgehead atoms. The van der Waals surface area contributed by atoms with E-state index in [-0.39, 0.29) is 29.8 Å². The van der Waals surface area contributed by atoms with Crippen molar-refractivity contribution < 1.29 is 38.6 Å². The highest BCUT2D eigenvalue weighted by Gasteiger charge is 2.78. The molecule has 226 valence electrons. The number of amides is 2. The molecule has 2 unspecified atom stereocenters. The lowest BCUT2D eigenvalue weighted by molar-refractivity contribution is -0.166. The molecule has 0 heterocycles. The molecule has 2 fully saturated rings. The van der Waals surface area contributed by atoms with Crippen LogP contribution < -0.4 is 27.4 Å². The molecule has 0 radical (unpaired) electrons. The van der Waals surface area contributed by atoms with Crippen LogP contribution in [-0.2, 0) is 30.3 Å². The Morgan fingerprint density at radius 3 is 2.33 bits per heavy atom. The first kappa shape index (κ1) is 31.1. The number of nitrogens with zero attached hydrogens (tertiary/aromatic N) is 3. The molecule has 4 rings (SSSR count). The number of phenols is 1. The number of ketones is 4. The number of nitriles is 1. The van der Waals surface area contributed by atoms with E-state index in [0.29, 0.717) is 5.69 Å². The van der Waals surface area contributed by atoms with Gasteiger partial charge in [0.2, 0.25) is 5.91 Å². The van der Waals surface area contributed by atoms with Crippen LogP contribution >= 0.6 is 0 Å². The maximum Gasteiger partial charge on any atom is 0.412 e. The van der Waals surface area contributed by atoms with E-state index in [1.54, 1.807) is 25.1 Å². The molecule has 8 N–H and O–H groups in total. The number of hydrogen-bond acceptors (Lipinski definition) is 13. The van der Waals surface area contributed by atoms with Gasteiger partial charge in [-0.3, -0.25) is 34.2 Å². The summed E-state index contributed by atoms with van der Waals surface area (Å²) >= 11 is 0. The van der Waals surface area contributed by atoms with Gasteiger partial charge < -0.3 is 31.9 Å². The van der Waals surface area contributed by atoms with Crippen LogP contribution in [0.3, 0.4) is 0 Å². The van der Waals surface area contributed by atoms with E-state index < -0.39 is 81.7 Å². The summed E-state index contributed by atoms with van der Waals surface area (Å²) in [4.78, 5) is 83.3. The molecule has 0 aliphatic heterocycles. The Hall–Kier alpha value is -4.83. The Kier molecular flexibility index (Phi) is 7.35. The molecule has 15 nitrogen and oxygen atoms in total. The number of hydrogen-bond donors (Lipinski definition) is 5. The Balaban J connectivity index is 1.99. The zero-order valence-electron chi connectivity index (χ0n) is 23.9. The molecule has 6 atom stereocenters. The SMILES string of the molecule is C#CCOC(=O)Nc1cc(N(C)C)c2c(c1O)C(=O)C1C(=O)[C@]3(C#N)C(=O)C(C(N)=O)C(=O)[C@@H](N(C)C)[C@]3(N)C[C@]1(N)C2. The number of aromatic hydroxyl groups is 1. The number of benzene rings is 1. The fourth-order valence-corrected chi connectivity index (χ4v) is 7.00. The largest absolute Gasteiger partial charge is 0.505 e. The lowest BCUT2D eigenvalue weighted by Crippen LogP contribution is -2.85. The van der Waals surface area contributed by atoms with E-state index in [0.717, 1.165) is 0 Å². The van der Waals surface area contributed by atoms with E-state index in [1.807, 2.05) is 0 Å². The first-order valence-electron chi connectivity index (χ1n) is 13.0. The van der Waals surface area contributed by atoms with Gasteiger partial charge in [0.15, 0.2) is 41.1 Å². The van der Waals surface area contributed by atoms with Crippen LogP contribution in [0, 0.1) is 40.9 Å². The summed E-state index contributed by atoms with van der Waals surface area (Å²) in [5.74, 6) is -8.85. The van der Waals surface area contributed by atoms with Crippen molar-refractivity contribution in [1.82, 2.24) is 4.90 Å². The quantitative estimate of drug-likeness (QED) is 0.142. The topological polar surface area (TPSA) is 252 Å². The number of carbonyl (C=O) groups is 6. The normalized spacial score (nSPS) is 31.2. The molecular formula is C28H31N7O8. The maximum atomic E-state index is 14.4. The number of terminal acetylenes is 1. The minimum atomic E-state index is -2.87. The van der Waals surface area contributed by atoms with Crippen LogP contribution in [0.1, 0.15) is 22.3 Å². The van der Waals surface area contributed by atoms with Crippen molar-refractivity contribution in [3.8, 4) is 24.2 Å². The van der Waals surface area contributed by atoms with Gasteiger partial charge in [0.25, 0.3) is 0 Å². The van der Waals surface area contributed by atoms with Gasteiger partial charge >= 0.3 is 6.09 Å². The second kappa shape index (κ2) is 10.2. The smallest absolute Gasteiger partial charge is 0.412 e. The van der Waals surface area contributed by atoms with Crippen LogP contribution in [0.2, 0.25) is 0 Å². The number of phenolic OH excluding ortho intramolecular Hbond substituents is 1. The highest BCUT2D eigenvalue weighted by atomic mass is 16.5. The van der Waals surface area contributed by atoms with Crippen molar-refractivity contribution in [2.75, 3.05) is 45.0 Å². The zero-order valence-corrected chi connectivity index (χ0v) is 23.9. The lowest BCUT2D eigenvalue weighted by atomic mass is 9.42. The Bertz CT molecular complexity index is 1590. The average Bonchev–Trinajstić information content (AvgIpc) is 2.87. The van der Waals surface area contributed by atoms with Crippen LogP contribution in [0.5, 0.6) is 5.75 Å². The third-order valence-electron chi connectivity index (χ3n) is 8.57. The standard InChI is InChI=1S/C28H31N7O8/c1-6-7-43-25(42)33-13-8-14(34(2)3)12-9-26(31)10-28(32)21(35(4)5)20(38)16(24(30)41)22(39)27(28,11-29)23(40)17(26)19(37)15(12)18(13)36/h1,8,16-17,21,36H,7,9-10,31-32H2,2-5H3,(H2,30,41)(H,33,42)/t16?,17?,21-,26-,27+,28-/m1/s1. The summed E-state index contributed by atoms with van der Waals surface area (Å²) in [7, 11) is 6.07. The molecule has 3 aliphatic rings. The summed E-state index contributed by atoms with van der Waals surface area (Å²) in [6.45, 7) is -0.378. The van der Waals surface area contributed by atoms with Gasteiger partial charge in [-0.1, -0.05) is 5.92 Å². The number of likely N-dealkylation sites (N-methyl/N-ethyl adjacent to an activating group) is 1. The van der Waals surface area contributed by atoms with Crippen LogP contribution in [0.25, 0.3) is 0 Å². The first-order valence-corrected chi connectivity index (χ1v) is 13.0. The highest BCUT2D eigenvalue weighted by molar-refractivity contribution is 6.33. The van der Waals surface area contributed by atoms with Gasteiger partial charge in [-0.2, -0.15) is 5.26 Å². The Morgan fingerprint density at radius 2 is 1.81 bits per heavy atom. The van der Waals surface area contributed by atoms with E-state index in [4.69, 9.17) is 28.4 Å². The molecule has 2 amide bonds. The average molecular weight is 594 g/mol. The Morgan fingerprint density at radius 1 is 1.19 bits per heavy atom. The third kappa shape index (κ3) is 4.08. The lowest BCUT2D eigenvalue weighted by Gasteiger charge is -2.60. The van der Waals surface area contributed by atoms with Gasteiger partial charge in [0.1, 0.15) is 11.7 Å². The molecule has 15 heteroatoms. The van der Waals surface area contributed by atoms with Crippen LogP contribution in [-0.4, -0.2) is 97.1 Å². The van der Waals surface area contributed by atoms with Crippen molar-refractivity contribution in [2.24, 2.45) is 34.5 Å². The molecule has 43 heavy (non-hydrogen) atoms. The fraction of sp³-hybridized carbons (Fsp3) is 0.464. The van der Waals surface area contributed by atoms with Crippen LogP contribution in [0.4, 0.5) is 16.2 Å². The van der Waals surface area contributed by atoms with Crippen molar-refractivity contribution in [3.63, 3.8) is 0 Å². The number of carbonyl (C=O) groups excluding carboxylic acids is 6. The molecule has 1 aromatic rings. The molecule has 0 spiro atoms. The minimum absolute atomic E-state index is 0.194. The molecule has 2 saturated carbocycles. The summed E-state index contributed by atoms with van der Waals surface area (Å²) in [5, 5.41) is 24.0. The van der Waals surface area contributed by atoms with Gasteiger partial charge in [0.05, 0.1) is 28.9 Å². The highest BCUT2D eigenvalue weighted by Crippen LogP contribution is 2.57. The van der Waals surface area contributed by atoms with E-state index >= 15 is 0 Å². The number of fused-ring (bicyclic) bond motifs is 3. The number of Topliss-reactive ketones (excluding diaryl/α,β-unsaturated/α-hetero) is 4. The number of primary amides is 1. The van der Waals surface area contributed by atoms with Crippen molar-refractivity contribution >= 4 is 46.5 Å². The fourth-order valence-electron chi connectivity index (χ4n) is 7.00. The first-order chi connectivity index (χ1) is 19.9. The minimum Gasteiger partial charge on any atom is -0.505 e. The van der Waals surface area contributed by atoms with Gasteiger partial charge in [-0.25, -0.2) is 4.79 Å². The second-order valence-corrected chi connectivity index (χ2v) is 11.6. The van der Waals surface area contributed by atoms with Gasteiger partial charge in [-0.15, -0.1) is 6.42 Å². The monoisotopic (exact) mass is 593 g/mol. The summed E-state index contributed by atoms with van der Waals surface area (Å²) in [6, 6.07) is 1.49. The summed E-state index contributed by atoms with van der Waals surface area (Å²) in [5.41, 5.74) is 11.9. The van der Waals surface area contributed by atoms with E-state index in [1.165, 1.54) is 25.1 Å². The third-order valence-corrected chi connectivity index (χ3v) is 8.57. The number of nitrogens with one attached hydrogen (secondary N) is 1. The molecule has 0 aromatic heterocycles.